The van der Waals surface area contributed by atoms with E-state index in [4.69, 9.17) is 0 Å². The van der Waals surface area contributed by atoms with Crippen molar-refractivity contribution in [2.75, 3.05) is 13.1 Å². The van der Waals surface area contributed by atoms with E-state index >= 15 is 0 Å². The first-order chi connectivity index (χ1) is 12.7. The summed E-state index contributed by atoms with van der Waals surface area (Å²) in [5.74, 6) is 2.92. The molecule has 1 fully saturated rings. The van der Waals surface area contributed by atoms with Crippen molar-refractivity contribution in [1.29, 1.82) is 0 Å². The maximum atomic E-state index is 4.57. The maximum absolute atomic E-state index is 4.57. The molecule has 3 aromatic rings. The van der Waals surface area contributed by atoms with Crippen molar-refractivity contribution < 1.29 is 0 Å². The molecule has 5 nitrogen and oxygen atoms in total. The maximum Gasteiger partial charge on any atom is 0.110 e. The van der Waals surface area contributed by atoms with Gasteiger partial charge in [0.15, 0.2) is 0 Å². The Hall–Kier alpha value is -2.40. The number of para-hydroxylation sites is 1. The van der Waals surface area contributed by atoms with Gasteiger partial charge in [-0.1, -0.05) is 18.2 Å². The highest BCUT2D eigenvalue weighted by molar-refractivity contribution is 5.35. The fourth-order valence-corrected chi connectivity index (χ4v) is 4.07. The zero-order chi connectivity index (χ0) is 17.9. The Morgan fingerprint density at radius 2 is 2.00 bits per heavy atom. The molecule has 5 heteroatoms. The van der Waals surface area contributed by atoms with Crippen molar-refractivity contribution in [2.24, 2.45) is 13.0 Å². The molecule has 136 valence electrons. The Labute approximate surface area is 155 Å². The minimum Gasteiger partial charge on any atom is -0.338 e. The lowest BCUT2D eigenvalue weighted by molar-refractivity contribution is 0.163. The molecule has 4 rings (SSSR count). The third kappa shape index (κ3) is 3.58. The van der Waals surface area contributed by atoms with Gasteiger partial charge in [0, 0.05) is 44.6 Å². The summed E-state index contributed by atoms with van der Waals surface area (Å²) in [4.78, 5) is 11.7. The molecule has 3 heterocycles. The normalized spacial score (nSPS) is 18.3. The van der Waals surface area contributed by atoms with Crippen molar-refractivity contribution in [2.45, 2.75) is 32.7 Å². The van der Waals surface area contributed by atoms with Crippen LogP contribution in [0.25, 0.3) is 5.69 Å². The summed E-state index contributed by atoms with van der Waals surface area (Å²) in [6, 6.07) is 10.5. The quantitative estimate of drug-likeness (QED) is 0.709. The first kappa shape index (κ1) is 17.0. The summed E-state index contributed by atoms with van der Waals surface area (Å²) in [5, 5.41) is 0. The van der Waals surface area contributed by atoms with Gasteiger partial charge in [-0.15, -0.1) is 0 Å². The van der Waals surface area contributed by atoms with Gasteiger partial charge in [-0.05, 0) is 44.4 Å². The number of likely N-dealkylation sites (tertiary alicyclic amines) is 1. The van der Waals surface area contributed by atoms with Gasteiger partial charge >= 0.3 is 0 Å². The van der Waals surface area contributed by atoms with Crippen molar-refractivity contribution >= 4 is 0 Å². The second kappa shape index (κ2) is 7.46. The molecule has 0 N–H and O–H groups in total. The predicted octanol–water partition coefficient (Wildman–Crippen LogP) is 3.37. The largest absolute Gasteiger partial charge is 0.338 e. The molecule has 1 aliphatic rings. The molecular weight excluding hydrogens is 322 g/mol. The second-order valence-electron chi connectivity index (χ2n) is 7.37. The first-order valence-electron chi connectivity index (χ1n) is 9.48. The van der Waals surface area contributed by atoms with Gasteiger partial charge in [0.05, 0.1) is 11.9 Å². The summed E-state index contributed by atoms with van der Waals surface area (Å²) in [5.41, 5.74) is 2.46. The minimum absolute atomic E-state index is 0.680. The highest BCUT2D eigenvalue weighted by Crippen LogP contribution is 2.23. The zero-order valence-corrected chi connectivity index (χ0v) is 15.7. The Morgan fingerprint density at radius 3 is 2.77 bits per heavy atom. The number of benzene rings is 1. The average molecular weight is 349 g/mol. The third-order valence-corrected chi connectivity index (χ3v) is 5.41. The van der Waals surface area contributed by atoms with Crippen LogP contribution in [0.4, 0.5) is 0 Å². The lowest BCUT2D eigenvalue weighted by Crippen LogP contribution is -2.36. The van der Waals surface area contributed by atoms with Crippen LogP contribution in [0.5, 0.6) is 0 Å². The van der Waals surface area contributed by atoms with Crippen molar-refractivity contribution in [3.05, 3.63) is 66.3 Å². The van der Waals surface area contributed by atoms with Gasteiger partial charge < -0.3 is 4.57 Å². The number of piperidine rings is 1. The zero-order valence-electron chi connectivity index (χ0n) is 15.7. The van der Waals surface area contributed by atoms with Gasteiger partial charge in [0.25, 0.3) is 0 Å². The fraction of sp³-hybridized carbons (Fsp3) is 0.429. The SMILES string of the molecule is Cc1ncc(CN2CCCC(Cc3nccn3C)C2)n1-c1ccccc1. The van der Waals surface area contributed by atoms with Gasteiger partial charge in [-0.3, -0.25) is 9.47 Å². The number of hydrogen-bond donors (Lipinski definition) is 0. The summed E-state index contributed by atoms with van der Waals surface area (Å²) < 4.78 is 4.43. The van der Waals surface area contributed by atoms with Gasteiger partial charge in [-0.25, -0.2) is 9.97 Å². The van der Waals surface area contributed by atoms with Crippen LogP contribution in [-0.4, -0.2) is 37.1 Å². The molecule has 0 spiro atoms. The Balaban J connectivity index is 1.47. The number of imidazole rings is 2. The molecule has 1 saturated heterocycles. The standard InChI is InChI=1S/C21H27N5/c1-17-23-14-20(26(17)19-8-4-3-5-9-19)16-25-11-6-7-18(15-25)13-21-22-10-12-24(21)2/h3-5,8-10,12,14,18H,6-7,11,13,15-16H2,1-2H3. The van der Waals surface area contributed by atoms with Crippen molar-refractivity contribution in [3.8, 4) is 5.69 Å². The molecule has 26 heavy (non-hydrogen) atoms. The topological polar surface area (TPSA) is 38.9 Å². The third-order valence-electron chi connectivity index (χ3n) is 5.41. The average Bonchev–Trinajstić information content (AvgIpc) is 3.22. The van der Waals surface area contributed by atoms with Crippen LogP contribution in [-0.2, 0) is 20.0 Å². The number of rotatable bonds is 5. The Bertz CT molecular complexity index is 848. The van der Waals surface area contributed by atoms with E-state index in [1.54, 1.807) is 0 Å². The van der Waals surface area contributed by atoms with Crippen LogP contribution in [0.15, 0.2) is 48.9 Å². The fourth-order valence-electron chi connectivity index (χ4n) is 4.07. The molecule has 1 unspecified atom stereocenters. The van der Waals surface area contributed by atoms with E-state index in [0.29, 0.717) is 5.92 Å². The minimum atomic E-state index is 0.680. The van der Waals surface area contributed by atoms with E-state index in [1.807, 2.05) is 18.6 Å². The van der Waals surface area contributed by atoms with Crippen LogP contribution in [0.2, 0.25) is 0 Å². The highest BCUT2D eigenvalue weighted by Gasteiger charge is 2.23. The molecule has 1 atom stereocenters. The lowest BCUT2D eigenvalue weighted by atomic mass is 9.94. The van der Waals surface area contributed by atoms with Crippen LogP contribution < -0.4 is 0 Å². The van der Waals surface area contributed by atoms with Crippen LogP contribution in [0.1, 0.15) is 30.2 Å². The smallest absolute Gasteiger partial charge is 0.110 e. The van der Waals surface area contributed by atoms with Crippen LogP contribution >= 0.6 is 0 Å². The molecule has 0 radical (unpaired) electrons. The van der Waals surface area contributed by atoms with Crippen LogP contribution in [0.3, 0.4) is 0 Å². The summed E-state index contributed by atoms with van der Waals surface area (Å²) in [6.45, 7) is 5.32. The van der Waals surface area contributed by atoms with Crippen molar-refractivity contribution in [1.82, 2.24) is 24.0 Å². The molecule has 0 aliphatic carbocycles. The Kier molecular flexibility index (Phi) is 4.89. The molecular formula is C21H27N5. The Morgan fingerprint density at radius 1 is 1.15 bits per heavy atom. The molecule has 1 aromatic carbocycles. The van der Waals surface area contributed by atoms with E-state index in [1.165, 1.54) is 30.0 Å². The molecule has 0 bridgehead atoms. The first-order valence-corrected chi connectivity index (χ1v) is 9.48. The van der Waals surface area contributed by atoms with Crippen LogP contribution in [0, 0.1) is 12.8 Å². The van der Waals surface area contributed by atoms with Crippen molar-refractivity contribution in [3.63, 3.8) is 0 Å². The van der Waals surface area contributed by atoms with Gasteiger partial charge in [0.2, 0.25) is 0 Å². The number of aromatic nitrogens is 4. The van der Waals surface area contributed by atoms with E-state index in [0.717, 1.165) is 31.9 Å². The molecule has 0 amide bonds. The summed E-state index contributed by atoms with van der Waals surface area (Å²) in [6.07, 6.45) is 9.59. The molecule has 1 aliphatic heterocycles. The second-order valence-corrected chi connectivity index (χ2v) is 7.37. The predicted molar refractivity (Wildman–Crippen MR) is 103 cm³/mol. The van der Waals surface area contributed by atoms with E-state index in [9.17, 15) is 0 Å². The number of hydrogen-bond acceptors (Lipinski definition) is 3. The van der Waals surface area contributed by atoms with E-state index in [2.05, 4.69) is 68.3 Å². The van der Waals surface area contributed by atoms with Gasteiger partial charge in [0.1, 0.15) is 11.6 Å². The highest BCUT2D eigenvalue weighted by atomic mass is 15.2. The summed E-state index contributed by atoms with van der Waals surface area (Å²) >= 11 is 0. The van der Waals surface area contributed by atoms with Gasteiger partial charge in [-0.2, -0.15) is 0 Å². The van der Waals surface area contributed by atoms with E-state index < -0.39 is 0 Å². The number of nitrogens with zero attached hydrogens (tertiary/aromatic N) is 5. The number of aryl methyl sites for hydroxylation is 2. The summed E-state index contributed by atoms with van der Waals surface area (Å²) in [7, 11) is 2.09. The molecule has 2 aromatic heterocycles. The lowest BCUT2D eigenvalue weighted by Gasteiger charge is -2.32. The monoisotopic (exact) mass is 349 g/mol. The van der Waals surface area contributed by atoms with E-state index in [-0.39, 0.29) is 0 Å². The molecule has 0 saturated carbocycles.